The smallest absolute Gasteiger partial charge is 0.113 e. The van der Waals surface area contributed by atoms with Crippen LogP contribution < -0.4 is 0 Å². The highest BCUT2D eigenvalue weighted by atomic mass is 32.2. The molecule has 0 aliphatic carbocycles. The fraction of sp³-hybridized carbons (Fsp3) is 0.429. The molecular weight excluding hydrogens is 164 g/mol. The molecule has 0 saturated carbocycles. The van der Waals surface area contributed by atoms with Crippen LogP contribution in [0.3, 0.4) is 0 Å². The molecule has 1 aromatic rings. The standard InChI is InChI=1S/C7H10OS2/c9-4-5-10-6-7-2-1-3-8-7/h1-3,9H,4-6H2. The molecule has 0 aliphatic heterocycles. The van der Waals surface area contributed by atoms with Gasteiger partial charge in [-0.05, 0) is 17.9 Å². The van der Waals surface area contributed by atoms with Crippen LogP contribution in [0, 0.1) is 0 Å². The van der Waals surface area contributed by atoms with Crippen molar-refractivity contribution < 1.29 is 4.42 Å². The van der Waals surface area contributed by atoms with Crippen LogP contribution in [0.15, 0.2) is 22.8 Å². The summed E-state index contributed by atoms with van der Waals surface area (Å²) in [5, 5.41) is 0. The minimum absolute atomic E-state index is 0.936. The summed E-state index contributed by atoms with van der Waals surface area (Å²) >= 11 is 5.94. The van der Waals surface area contributed by atoms with Crippen LogP contribution in [0.1, 0.15) is 5.76 Å². The predicted molar refractivity (Wildman–Crippen MR) is 48.7 cm³/mol. The number of rotatable bonds is 4. The topological polar surface area (TPSA) is 13.1 Å². The van der Waals surface area contributed by atoms with Crippen molar-refractivity contribution in [2.75, 3.05) is 11.5 Å². The van der Waals surface area contributed by atoms with Crippen LogP contribution in [0.5, 0.6) is 0 Å². The maximum atomic E-state index is 5.13. The average Bonchev–Trinajstić information content (AvgIpc) is 2.41. The molecule has 0 fully saturated rings. The third-order valence-corrected chi connectivity index (χ3v) is 2.57. The summed E-state index contributed by atoms with van der Waals surface area (Å²) in [6.07, 6.45) is 1.70. The monoisotopic (exact) mass is 174 g/mol. The lowest BCUT2D eigenvalue weighted by Crippen LogP contribution is -1.80. The van der Waals surface area contributed by atoms with Crippen LogP contribution in [0.25, 0.3) is 0 Å². The van der Waals surface area contributed by atoms with Crippen LogP contribution >= 0.6 is 24.4 Å². The van der Waals surface area contributed by atoms with Gasteiger partial charge in [0.25, 0.3) is 0 Å². The molecule has 0 bridgehead atoms. The van der Waals surface area contributed by atoms with Crippen LogP contribution in [0.2, 0.25) is 0 Å². The van der Waals surface area contributed by atoms with Crippen LogP contribution in [0.4, 0.5) is 0 Å². The minimum atomic E-state index is 0.936. The van der Waals surface area contributed by atoms with Crippen molar-refractivity contribution >= 4 is 24.4 Å². The third-order valence-electron chi connectivity index (χ3n) is 1.06. The Labute approximate surface area is 70.6 Å². The summed E-state index contributed by atoms with van der Waals surface area (Å²) in [5.41, 5.74) is 0. The highest BCUT2D eigenvalue weighted by molar-refractivity contribution is 7.99. The first kappa shape index (κ1) is 8.08. The molecule has 0 unspecified atom stereocenters. The van der Waals surface area contributed by atoms with Crippen molar-refractivity contribution in [1.29, 1.82) is 0 Å². The minimum Gasteiger partial charge on any atom is -0.468 e. The molecule has 1 aromatic heterocycles. The van der Waals surface area contributed by atoms with E-state index in [1.807, 2.05) is 23.9 Å². The first-order valence-corrected chi connectivity index (χ1v) is 4.93. The quantitative estimate of drug-likeness (QED) is 0.556. The van der Waals surface area contributed by atoms with Gasteiger partial charge in [-0.15, -0.1) is 0 Å². The average molecular weight is 174 g/mol. The van der Waals surface area contributed by atoms with Crippen molar-refractivity contribution in [3.63, 3.8) is 0 Å². The molecule has 10 heavy (non-hydrogen) atoms. The highest BCUT2D eigenvalue weighted by Gasteiger charge is 1.93. The first-order valence-electron chi connectivity index (χ1n) is 3.14. The molecule has 0 saturated heterocycles. The molecule has 1 rings (SSSR count). The van der Waals surface area contributed by atoms with Gasteiger partial charge in [-0.25, -0.2) is 0 Å². The Morgan fingerprint density at radius 2 is 2.50 bits per heavy atom. The Kier molecular flexibility index (Phi) is 3.83. The van der Waals surface area contributed by atoms with Gasteiger partial charge in [-0.2, -0.15) is 24.4 Å². The lowest BCUT2D eigenvalue weighted by atomic mass is 10.5. The SMILES string of the molecule is SCCSCc1ccco1. The second-order valence-electron chi connectivity index (χ2n) is 1.86. The van der Waals surface area contributed by atoms with Gasteiger partial charge in [0, 0.05) is 5.75 Å². The van der Waals surface area contributed by atoms with E-state index in [1.165, 1.54) is 0 Å². The summed E-state index contributed by atoms with van der Waals surface area (Å²) in [6, 6.07) is 3.90. The van der Waals surface area contributed by atoms with E-state index in [-0.39, 0.29) is 0 Å². The van der Waals surface area contributed by atoms with Gasteiger partial charge >= 0.3 is 0 Å². The Morgan fingerprint density at radius 3 is 3.10 bits per heavy atom. The fourth-order valence-electron chi connectivity index (χ4n) is 0.632. The summed E-state index contributed by atoms with van der Waals surface area (Å²) in [6.45, 7) is 0. The van der Waals surface area contributed by atoms with E-state index in [2.05, 4.69) is 12.6 Å². The Morgan fingerprint density at radius 1 is 1.60 bits per heavy atom. The summed E-state index contributed by atoms with van der Waals surface area (Å²) in [5.74, 6) is 4.04. The maximum absolute atomic E-state index is 5.13. The van der Waals surface area contributed by atoms with E-state index in [1.54, 1.807) is 6.26 Å². The molecule has 3 heteroatoms. The van der Waals surface area contributed by atoms with Crippen LogP contribution in [-0.2, 0) is 5.75 Å². The fourth-order valence-corrected chi connectivity index (χ4v) is 1.66. The Bertz CT molecular complexity index is 160. The van der Waals surface area contributed by atoms with Gasteiger partial charge < -0.3 is 4.42 Å². The Balaban J connectivity index is 2.15. The van der Waals surface area contributed by atoms with Crippen molar-refractivity contribution in [2.45, 2.75) is 5.75 Å². The van der Waals surface area contributed by atoms with E-state index < -0.39 is 0 Å². The lowest BCUT2D eigenvalue weighted by molar-refractivity contribution is 0.530. The van der Waals surface area contributed by atoms with Crippen molar-refractivity contribution in [1.82, 2.24) is 0 Å². The van der Waals surface area contributed by atoms with E-state index in [4.69, 9.17) is 4.42 Å². The molecule has 0 aliphatic rings. The molecule has 0 spiro atoms. The second-order valence-corrected chi connectivity index (χ2v) is 3.41. The van der Waals surface area contributed by atoms with E-state index >= 15 is 0 Å². The normalized spacial score (nSPS) is 10.1. The zero-order valence-corrected chi connectivity index (χ0v) is 7.33. The Hall–Kier alpha value is -0.0200. The molecular formula is C7H10OS2. The van der Waals surface area contributed by atoms with E-state index in [9.17, 15) is 0 Å². The number of thiol groups is 1. The van der Waals surface area contributed by atoms with Crippen molar-refractivity contribution in [3.05, 3.63) is 24.2 Å². The van der Waals surface area contributed by atoms with Gasteiger partial charge in [0.15, 0.2) is 0 Å². The van der Waals surface area contributed by atoms with Gasteiger partial charge in [0.2, 0.25) is 0 Å². The number of thioether (sulfide) groups is 1. The van der Waals surface area contributed by atoms with Crippen molar-refractivity contribution in [3.8, 4) is 0 Å². The second kappa shape index (κ2) is 4.74. The molecule has 0 aromatic carbocycles. The number of furan rings is 1. The molecule has 56 valence electrons. The van der Waals surface area contributed by atoms with Gasteiger partial charge in [-0.3, -0.25) is 0 Å². The lowest BCUT2D eigenvalue weighted by Gasteiger charge is -1.93. The zero-order valence-electron chi connectivity index (χ0n) is 5.62. The number of hydrogen-bond donors (Lipinski definition) is 1. The molecule has 1 nitrogen and oxygen atoms in total. The highest BCUT2D eigenvalue weighted by Crippen LogP contribution is 2.11. The summed E-state index contributed by atoms with van der Waals surface area (Å²) in [4.78, 5) is 0. The molecule has 0 radical (unpaired) electrons. The summed E-state index contributed by atoms with van der Waals surface area (Å²) < 4.78 is 5.13. The van der Waals surface area contributed by atoms with Gasteiger partial charge in [-0.1, -0.05) is 0 Å². The third kappa shape index (κ3) is 2.71. The largest absolute Gasteiger partial charge is 0.468 e. The maximum Gasteiger partial charge on any atom is 0.113 e. The molecule has 0 atom stereocenters. The predicted octanol–water partition coefficient (Wildman–Crippen LogP) is 2.44. The molecule has 0 N–H and O–H groups in total. The van der Waals surface area contributed by atoms with Crippen LogP contribution in [-0.4, -0.2) is 11.5 Å². The van der Waals surface area contributed by atoms with E-state index in [0.29, 0.717) is 0 Å². The molecule has 0 amide bonds. The van der Waals surface area contributed by atoms with Crippen molar-refractivity contribution in [2.24, 2.45) is 0 Å². The molecule has 1 heterocycles. The van der Waals surface area contributed by atoms with Gasteiger partial charge in [0.1, 0.15) is 5.76 Å². The first-order chi connectivity index (χ1) is 4.93. The van der Waals surface area contributed by atoms with E-state index in [0.717, 1.165) is 23.0 Å². The summed E-state index contributed by atoms with van der Waals surface area (Å²) in [7, 11) is 0. The zero-order chi connectivity index (χ0) is 7.23. The van der Waals surface area contributed by atoms with Gasteiger partial charge in [0.05, 0.1) is 12.0 Å². The number of hydrogen-bond acceptors (Lipinski definition) is 3.